The van der Waals surface area contributed by atoms with Gasteiger partial charge in [0.15, 0.2) is 0 Å². The van der Waals surface area contributed by atoms with Crippen molar-refractivity contribution in [2.75, 3.05) is 5.32 Å². The molecule has 32 heavy (non-hydrogen) atoms. The number of Topliss-reactive ketones (excluding diaryl/α,β-unsaturated/α-hetero) is 1. The van der Waals surface area contributed by atoms with E-state index in [1.54, 1.807) is 31.6 Å². The summed E-state index contributed by atoms with van der Waals surface area (Å²) < 4.78 is 1.60. The molecule has 0 saturated heterocycles. The molecule has 1 amide bonds. The first-order chi connectivity index (χ1) is 15.3. The van der Waals surface area contributed by atoms with Crippen molar-refractivity contribution in [1.29, 1.82) is 0 Å². The van der Waals surface area contributed by atoms with Crippen LogP contribution in [0, 0.1) is 20.8 Å². The van der Waals surface area contributed by atoms with Gasteiger partial charge in [0.1, 0.15) is 5.82 Å². The maximum atomic E-state index is 12.9. The smallest absolute Gasteiger partial charge is 0.298 e. The number of carbonyl (C=O) groups is 2. The van der Waals surface area contributed by atoms with Crippen molar-refractivity contribution in [3.63, 3.8) is 0 Å². The largest absolute Gasteiger partial charge is 0.304 e. The van der Waals surface area contributed by atoms with Crippen molar-refractivity contribution in [2.45, 2.75) is 20.8 Å². The van der Waals surface area contributed by atoms with Gasteiger partial charge in [0.05, 0.1) is 17.0 Å². The van der Waals surface area contributed by atoms with Crippen molar-refractivity contribution in [2.24, 2.45) is 7.05 Å². The number of hydrogen-bond donors (Lipinski definition) is 1. The van der Waals surface area contributed by atoms with E-state index in [1.165, 1.54) is 0 Å². The van der Waals surface area contributed by atoms with Crippen molar-refractivity contribution < 1.29 is 9.59 Å². The van der Waals surface area contributed by atoms with Crippen LogP contribution in [0.2, 0.25) is 0 Å². The van der Waals surface area contributed by atoms with Gasteiger partial charge in [-0.1, -0.05) is 60.2 Å². The van der Waals surface area contributed by atoms with Gasteiger partial charge in [-0.25, -0.2) is 4.98 Å². The number of carbonyl (C=O) groups excluding carboxylic acids is 2. The standard InChI is InChI=1S/C26H24N4O2/c1-16-10-12-19(13-11-16)21-14-22(20-8-6-5-7-9-20)27-23(15-21)28-26(32)25(31)24-17(2)29-30(4)18(24)3/h5-15H,1-4H3,(H,27,28,32). The Morgan fingerprint density at radius 3 is 2.16 bits per heavy atom. The average Bonchev–Trinajstić information content (AvgIpc) is 3.05. The first kappa shape index (κ1) is 21.2. The third kappa shape index (κ3) is 4.21. The van der Waals surface area contributed by atoms with Crippen molar-refractivity contribution in [3.8, 4) is 22.4 Å². The fraction of sp³-hybridized carbons (Fsp3) is 0.154. The molecule has 0 aliphatic rings. The molecule has 6 heteroatoms. The zero-order valence-electron chi connectivity index (χ0n) is 18.5. The monoisotopic (exact) mass is 424 g/mol. The number of nitrogens with zero attached hydrogens (tertiary/aromatic N) is 3. The molecule has 0 aliphatic heterocycles. The second-order valence-electron chi connectivity index (χ2n) is 7.81. The van der Waals surface area contributed by atoms with E-state index in [0.717, 1.165) is 22.3 Å². The summed E-state index contributed by atoms with van der Waals surface area (Å²) in [4.78, 5) is 30.3. The minimum absolute atomic E-state index is 0.319. The maximum absolute atomic E-state index is 12.9. The van der Waals surface area contributed by atoms with Crippen molar-refractivity contribution in [1.82, 2.24) is 14.8 Å². The first-order valence-electron chi connectivity index (χ1n) is 10.3. The molecular formula is C26H24N4O2. The van der Waals surface area contributed by atoms with Gasteiger partial charge < -0.3 is 5.32 Å². The summed E-state index contributed by atoms with van der Waals surface area (Å²) in [5, 5.41) is 6.93. The van der Waals surface area contributed by atoms with Crippen LogP contribution < -0.4 is 5.32 Å². The third-order valence-corrected chi connectivity index (χ3v) is 5.46. The van der Waals surface area contributed by atoms with E-state index in [9.17, 15) is 9.59 Å². The summed E-state index contributed by atoms with van der Waals surface area (Å²) in [7, 11) is 1.75. The number of hydrogen-bond acceptors (Lipinski definition) is 4. The maximum Gasteiger partial charge on any atom is 0.298 e. The normalized spacial score (nSPS) is 10.8. The van der Waals surface area contributed by atoms with Gasteiger partial charge in [0.25, 0.3) is 11.7 Å². The number of nitrogens with one attached hydrogen (secondary N) is 1. The predicted octanol–water partition coefficient (Wildman–Crippen LogP) is 4.90. The van der Waals surface area contributed by atoms with E-state index in [2.05, 4.69) is 15.4 Å². The molecule has 4 aromatic rings. The molecule has 160 valence electrons. The molecular weight excluding hydrogens is 400 g/mol. The lowest BCUT2D eigenvalue weighted by Crippen LogP contribution is -2.24. The highest BCUT2D eigenvalue weighted by atomic mass is 16.2. The molecule has 2 aromatic carbocycles. The van der Waals surface area contributed by atoms with Crippen LogP contribution in [0.3, 0.4) is 0 Å². The number of anilines is 1. The number of ketones is 1. The van der Waals surface area contributed by atoms with E-state index >= 15 is 0 Å². The van der Waals surface area contributed by atoms with Crippen LogP contribution in [0.5, 0.6) is 0 Å². The molecule has 1 N–H and O–H groups in total. The number of amides is 1. The van der Waals surface area contributed by atoms with E-state index < -0.39 is 11.7 Å². The lowest BCUT2D eigenvalue weighted by molar-refractivity contribution is -0.112. The summed E-state index contributed by atoms with van der Waals surface area (Å²) in [5.74, 6) is -1.05. The molecule has 0 aliphatic carbocycles. The molecule has 0 saturated carbocycles. The third-order valence-electron chi connectivity index (χ3n) is 5.46. The molecule has 0 unspecified atom stereocenters. The van der Waals surface area contributed by atoms with Crippen LogP contribution in [0.15, 0.2) is 66.7 Å². The zero-order chi connectivity index (χ0) is 22.8. The number of aromatic nitrogens is 3. The SMILES string of the molecule is Cc1ccc(-c2cc(NC(=O)C(=O)c3c(C)nn(C)c3C)nc(-c3ccccc3)c2)cc1. The average molecular weight is 425 g/mol. The second-order valence-corrected chi connectivity index (χ2v) is 7.81. The lowest BCUT2D eigenvalue weighted by atomic mass is 10.0. The summed E-state index contributed by atoms with van der Waals surface area (Å²) in [6.45, 7) is 5.52. The minimum Gasteiger partial charge on any atom is -0.304 e. The summed E-state index contributed by atoms with van der Waals surface area (Å²) >= 11 is 0. The van der Waals surface area contributed by atoms with Crippen LogP contribution in [0.1, 0.15) is 27.3 Å². The highest BCUT2D eigenvalue weighted by molar-refractivity contribution is 6.47. The van der Waals surface area contributed by atoms with E-state index in [4.69, 9.17) is 0 Å². The number of pyridine rings is 1. The lowest BCUT2D eigenvalue weighted by Gasteiger charge is -2.11. The zero-order valence-corrected chi connectivity index (χ0v) is 18.5. The van der Waals surface area contributed by atoms with Crippen LogP contribution in [0.25, 0.3) is 22.4 Å². The Hall–Kier alpha value is -4.06. The minimum atomic E-state index is -0.739. The molecule has 2 heterocycles. The number of rotatable bonds is 5. The van der Waals surface area contributed by atoms with E-state index in [-0.39, 0.29) is 0 Å². The molecule has 2 aromatic heterocycles. The summed E-state index contributed by atoms with van der Waals surface area (Å²) in [5.41, 5.74) is 6.18. The summed E-state index contributed by atoms with van der Waals surface area (Å²) in [6.07, 6.45) is 0. The Kier molecular flexibility index (Phi) is 5.69. The van der Waals surface area contributed by atoms with Gasteiger partial charge in [-0.15, -0.1) is 0 Å². The molecule has 0 bridgehead atoms. The molecule has 4 rings (SSSR count). The van der Waals surface area contributed by atoms with Crippen LogP contribution in [-0.4, -0.2) is 26.5 Å². The molecule has 0 radical (unpaired) electrons. The van der Waals surface area contributed by atoms with Crippen molar-refractivity contribution >= 4 is 17.5 Å². The predicted molar refractivity (Wildman–Crippen MR) is 125 cm³/mol. The Bertz CT molecular complexity index is 1310. The Morgan fingerprint density at radius 2 is 1.53 bits per heavy atom. The van der Waals surface area contributed by atoms with Gasteiger partial charge >= 0.3 is 0 Å². The first-order valence-corrected chi connectivity index (χ1v) is 10.3. The highest BCUT2D eigenvalue weighted by Crippen LogP contribution is 2.28. The quantitative estimate of drug-likeness (QED) is 0.365. The van der Waals surface area contributed by atoms with E-state index in [0.29, 0.717) is 28.5 Å². The van der Waals surface area contributed by atoms with Gasteiger partial charge in [-0.2, -0.15) is 5.10 Å². The van der Waals surface area contributed by atoms with Crippen LogP contribution in [-0.2, 0) is 11.8 Å². The molecule has 0 spiro atoms. The fourth-order valence-corrected chi connectivity index (χ4v) is 3.65. The number of benzene rings is 2. The molecule has 6 nitrogen and oxygen atoms in total. The topological polar surface area (TPSA) is 76.9 Å². The van der Waals surface area contributed by atoms with Crippen LogP contribution >= 0.6 is 0 Å². The Balaban J connectivity index is 1.72. The number of aryl methyl sites for hydroxylation is 3. The van der Waals surface area contributed by atoms with Gasteiger partial charge in [0, 0.05) is 18.3 Å². The highest BCUT2D eigenvalue weighted by Gasteiger charge is 2.24. The van der Waals surface area contributed by atoms with Gasteiger partial charge in [-0.3, -0.25) is 14.3 Å². The van der Waals surface area contributed by atoms with Gasteiger partial charge in [-0.05, 0) is 44.0 Å². The van der Waals surface area contributed by atoms with Crippen molar-refractivity contribution in [3.05, 3.63) is 89.2 Å². The Labute approximate surface area is 186 Å². The fourth-order valence-electron chi connectivity index (χ4n) is 3.65. The second kappa shape index (κ2) is 8.59. The van der Waals surface area contributed by atoms with Crippen LogP contribution in [0.4, 0.5) is 5.82 Å². The van der Waals surface area contributed by atoms with E-state index in [1.807, 2.05) is 67.6 Å². The summed E-state index contributed by atoms with van der Waals surface area (Å²) in [6, 6.07) is 21.6. The molecule has 0 atom stereocenters. The molecule has 0 fully saturated rings. The van der Waals surface area contributed by atoms with Gasteiger partial charge in [0.2, 0.25) is 0 Å². The Morgan fingerprint density at radius 1 is 0.844 bits per heavy atom.